The summed E-state index contributed by atoms with van der Waals surface area (Å²) in [5.74, 6) is -2.37. The van der Waals surface area contributed by atoms with Gasteiger partial charge in [-0.25, -0.2) is 0 Å². The molecular formula is C17H18O10S2. The zero-order valence-electron chi connectivity index (χ0n) is 15.0. The van der Waals surface area contributed by atoms with Crippen LogP contribution in [-0.4, -0.2) is 46.2 Å². The minimum absolute atomic E-state index is 0.116. The third-order valence-electron chi connectivity index (χ3n) is 3.98. The van der Waals surface area contributed by atoms with Gasteiger partial charge in [-0.15, -0.1) is 0 Å². The lowest BCUT2D eigenvalue weighted by atomic mass is 10.0. The number of phenols is 2. The molecule has 0 aliphatic heterocycles. The van der Waals surface area contributed by atoms with Gasteiger partial charge in [-0.05, 0) is 24.3 Å². The van der Waals surface area contributed by atoms with Crippen LogP contribution in [-0.2, 0) is 20.2 Å². The molecule has 0 radical (unpaired) electrons. The Morgan fingerprint density at radius 2 is 1.48 bits per heavy atom. The summed E-state index contributed by atoms with van der Waals surface area (Å²) < 4.78 is 67.2. The summed E-state index contributed by atoms with van der Waals surface area (Å²) in [6.07, 6.45) is -0.931. The Morgan fingerprint density at radius 1 is 0.931 bits per heavy atom. The average molecular weight is 446 g/mol. The summed E-state index contributed by atoms with van der Waals surface area (Å²) in [4.78, 5) is 12.5. The largest absolute Gasteiger partial charge is 0.507 e. The molecule has 2 aromatic carbocycles. The highest BCUT2D eigenvalue weighted by atomic mass is 32.3. The van der Waals surface area contributed by atoms with Crippen molar-refractivity contribution in [2.75, 3.05) is 0 Å². The zero-order chi connectivity index (χ0) is 22.0. The molecule has 0 aliphatic carbocycles. The van der Waals surface area contributed by atoms with Gasteiger partial charge in [0.25, 0.3) is 0 Å². The Bertz CT molecular complexity index is 1100. The number of phenolic OH excluding ortho intramolecular Hbond substituents is 2. The van der Waals surface area contributed by atoms with Gasteiger partial charge < -0.3 is 14.9 Å². The van der Waals surface area contributed by atoms with Crippen molar-refractivity contribution in [1.29, 1.82) is 0 Å². The van der Waals surface area contributed by atoms with Gasteiger partial charge in [-0.2, -0.15) is 16.8 Å². The molecule has 0 saturated carbocycles. The molecular weight excluding hydrogens is 428 g/mol. The molecule has 0 fully saturated rings. The molecule has 0 amide bonds. The van der Waals surface area contributed by atoms with Gasteiger partial charge in [0.2, 0.25) is 0 Å². The fraction of sp³-hybridized carbons (Fsp3) is 0.235. The van der Waals surface area contributed by atoms with Gasteiger partial charge in [-0.1, -0.05) is 25.5 Å². The molecule has 0 aliphatic rings. The topological polar surface area (TPSA) is 176 Å². The Balaban J connectivity index is 2.51. The molecule has 0 saturated heterocycles. The van der Waals surface area contributed by atoms with E-state index in [4.69, 9.17) is 4.74 Å². The maximum atomic E-state index is 12.5. The number of ether oxygens (including phenoxy) is 1. The van der Waals surface area contributed by atoms with Crippen molar-refractivity contribution in [3.05, 3.63) is 53.6 Å². The second-order valence-corrected chi connectivity index (χ2v) is 9.49. The molecule has 0 bridgehead atoms. The van der Waals surface area contributed by atoms with E-state index in [1.165, 1.54) is 31.2 Å². The van der Waals surface area contributed by atoms with Gasteiger partial charge in [0.15, 0.2) is 5.78 Å². The molecule has 4 N–H and O–H groups in total. The predicted molar refractivity (Wildman–Crippen MR) is 101 cm³/mol. The minimum Gasteiger partial charge on any atom is -0.507 e. The first-order valence-corrected chi connectivity index (χ1v) is 11.0. The molecule has 0 aromatic heterocycles. The van der Waals surface area contributed by atoms with Crippen molar-refractivity contribution in [1.82, 2.24) is 0 Å². The Hall–Kier alpha value is -2.67. The van der Waals surface area contributed by atoms with Crippen LogP contribution in [0, 0.1) is 0 Å². The number of hydrogen-bond donors (Lipinski definition) is 4. The van der Waals surface area contributed by atoms with Crippen LogP contribution in [0.25, 0.3) is 0 Å². The highest BCUT2D eigenvalue weighted by Crippen LogP contribution is 2.35. The second-order valence-electron chi connectivity index (χ2n) is 6.01. The number of para-hydroxylation sites is 1. The van der Waals surface area contributed by atoms with Crippen molar-refractivity contribution >= 4 is 26.0 Å². The van der Waals surface area contributed by atoms with Gasteiger partial charge >= 0.3 is 24.5 Å². The first-order chi connectivity index (χ1) is 13.3. The maximum Gasteiger partial charge on any atom is 0.358 e. The number of aromatic hydroxyl groups is 2. The zero-order valence-corrected chi connectivity index (χ0v) is 16.6. The van der Waals surface area contributed by atoms with E-state index in [1.807, 2.05) is 0 Å². The second kappa shape index (κ2) is 7.99. The van der Waals surface area contributed by atoms with E-state index in [0.717, 1.165) is 18.2 Å². The molecule has 0 atom stereocenters. The third-order valence-corrected chi connectivity index (χ3v) is 7.39. The normalized spacial score (nSPS) is 12.5. The van der Waals surface area contributed by atoms with Crippen molar-refractivity contribution in [2.24, 2.45) is 0 Å². The molecule has 2 rings (SSSR count). The molecule has 0 unspecified atom stereocenters. The quantitative estimate of drug-likeness (QED) is 0.346. The molecule has 29 heavy (non-hydrogen) atoms. The fourth-order valence-electron chi connectivity index (χ4n) is 2.61. The standard InChI is InChI=1S/C17H18O10S2/c1-2-9-17(28(21,22)23,29(24,25)26)27-11-7-8-13(15(19)10-11)16(20)12-5-3-4-6-14(12)18/h3-8,10,18-19H,2,9H2,1H3,(H,21,22,23)(H,24,25,26). The van der Waals surface area contributed by atoms with Crippen molar-refractivity contribution in [3.8, 4) is 17.2 Å². The molecule has 12 heteroatoms. The molecule has 0 heterocycles. The van der Waals surface area contributed by atoms with E-state index in [9.17, 15) is 40.9 Å². The summed E-state index contributed by atoms with van der Waals surface area (Å²) >= 11 is 0. The number of benzene rings is 2. The smallest absolute Gasteiger partial charge is 0.358 e. The summed E-state index contributed by atoms with van der Waals surface area (Å²) in [6.45, 7) is 1.39. The van der Waals surface area contributed by atoms with Crippen molar-refractivity contribution in [3.63, 3.8) is 0 Å². The number of carbonyl (C=O) groups excluding carboxylic acids is 1. The maximum absolute atomic E-state index is 12.5. The van der Waals surface area contributed by atoms with Crippen LogP contribution < -0.4 is 4.74 Å². The predicted octanol–water partition coefficient (Wildman–Crippen LogP) is 1.94. The number of rotatable bonds is 8. The van der Waals surface area contributed by atoms with E-state index in [-0.39, 0.29) is 23.3 Å². The summed E-state index contributed by atoms with van der Waals surface area (Å²) in [5, 5.41) is 19.9. The first kappa shape index (κ1) is 22.6. The van der Waals surface area contributed by atoms with Gasteiger partial charge in [0, 0.05) is 12.5 Å². The van der Waals surface area contributed by atoms with E-state index in [1.54, 1.807) is 0 Å². The monoisotopic (exact) mass is 446 g/mol. The average Bonchev–Trinajstić information content (AvgIpc) is 2.59. The summed E-state index contributed by atoms with van der Waals surface area (Å²) in [7, 11) is -10.9. The van der Waals surface area contributed by atoms with Crippen molar-refractivity contribution in [2.45, 2.75) is 24.0 Å². The minimum atomic E-state index is -5.47. The van der Waals surface area contributed by atoms with Gasteiger partial charge in [-0.3, -0.25) is 13.9 Å². The van der Waals surface area contributed by atoms with E-state index >= 15 is 0 Å². The highest BCUT2D eigenvalue weighted by molar-refractivity contribution is 8.05. The van der Waals surface area contributed by atoms with Crippen LogP contribution in [0.4, 0.5) is 0 Å². The lowest BCUT2D eigenvalue weighted by molar-refractivity contribution is 0.103. The fourth-order valence-corrected chi connectivity index (χ4v) is 5.00. The van der Waals surface area contributed by atoms with Crippen LogP contribution in [0.2, 0.25) is 0 Å². The van der Waals surface area contributed by atoms with Crippen LogP contribution in [0.1, 0.15) is 35.7 Å². The number of carbonyl (C=O) groups is 1. The van der Waals surface area contributed by atoms with Crippen LogP contribution >= 0.6 is 0 Å². The number of ketones is 1. The third kappa shape index (κ3) is 4.34. The Labute approximate surface area is 166 Å². The molecule has 10 nitrogen and oxygen atoms in total. The van der Waals surface area contributed by atoms with Crippen molar-refractivity contribution < 1.29 is 45.7 Å². The van der Waals surface area contributed by atoms with E-state index in [2.05, 4.69) is 0 Å². The van der Waals surface area contributed by atoms with Crippen LogP contribution in [0.5, 0.6) is 17.2 Å². The number of hydrogen-bond acceptors (Lipinski definition) is 8. The van der Waals surface area contributed by atoms with E-state index < -0.39 is 48.2 Å². The Morgan fingerprint density at radius 3 is 1.97 bits per heavy atom. The SMILES string of the molecule is CCCC(Oc1ccc(C(=O)c2ccccc2O)c(O)c1)(S(=O)(=O)O)S(=O)(=O)O. The summed E-state index contributed by atoms with van der Waals surface area (Å²) in [5.41, 5.74) is -0.411. The van der Waals surface area contributed by atoms with Gasteiger partial charge in [0.05, 0.1) is 11.1 Å². The van der Waals surface area contributed by atoms with Gasteiger partial charge in [0.1, 0.15) is 17.2 Å². The molecule has 2 aromatic rings. The van der Waals surface area contributed by atoms with Crippen LogP contribution in [0.15, 0.2) is 42.5 Å². The van der Waals surface area contributed by atoms with Crippen LogP contribution in [0.3, 0.4) is 0 Å². The first-order valence-electron chi connectivity index (χ1n) is 8.13. The Kier molecular flexibility index (Phi) is 6.23. The lowest BCUT2D eigenvalue weighted by Crippen LogP contribution is -2.51. The summed E-state index contributed by atoms with van der Waals surface area (Å²) in [6, 6.07) is 8.26. The lowest BCUT2D eigenvalue weighted by Gasteiger charge is -2.28. The molecule has 0 spiro atoms. The molecule has 158 valence electrons. The van der Waals surface area contributed by atoms with E-state index in [0.29, 0.717) is 0 Å². The highest BCUT2D eigenvalue weighted by Gasteiger charge is 2.57.